The summed E-state index contributed by atoms with van der Waals surface area (Å²) >= 11 is 6.00. The molecule has 1 rings (SSSR count). The van der Waals surface area contributed by atoms with Crippen LogP contribution in [0.2, 0.25) is 5.02 Å². The zero-order valence-electron chi connectivity index (χ0n) is 8.13. The molecule has 0 fully saturated rings. The van der Waals surface area contributed by atoms with Gasteiger partial charge in [0.15, 0.2) is 0 Å². The topological polar surface area (TPSA) is 62.4 Å². The van der Waals surface area contributed by atoms with Crippen molar-refractivity contribution in [1.29, 1.82) is 0 Å². The second-order valence-corrected chi connectivity index (χ2v) is 3.18. The minimum atomic E-state index is 0.473. The maximum Gasteiger partial charge on any atom is 0.210 e. The third-order valence-corrected chi connectivity index (χ3v) is 2.14. The number of halogens is 1. The van der Waals surface area contributed by atoms with Crippen molar-refractivity contribution in [2.45, 2.75) is 6.92 Å². The summed E-state index contributed by atoms with van der Waals surface area (Å²) in [6, 6.07) is 5.65. The number of nitrogens with one attached hydrogen (secondary N) is 2. The SMILES string of the molecule is CN=C(NN)Nc1c(C)cccc1Cl. The number of para-hydroxylation sites is 1. The summed E-state index contributed by atoms with van der Waals surface area (Å²) in [4.78, 5) is 3.89. The molecule has 0 spiro atoms. The standard InChI is InChI=1S/C9H13ClN4/c1-6-4-3-5-7(10)8(6)13-9(12-2)14-11/h3-5H,11H2,1-2H3,(H2,12,13,14). The smallest absolute Gasteiger partial charge is 0.210 e. The van der Waals surface area contributed by atoms with Crippen LogP contribution in [0.5, 0.6) is 0 Å². The Bertz CT molecular complexity index is 328. The molecule has 0 bridgehead atoms. The van der Waals surface area contributed by atoms with Crippen molar-refractivity contribution in [3.63, 3.8) is 0 Å². The first kappa shape index (κ1) is 10.8. The lowest BCUT2D eigenvalue weighted by molar-refractivity contribution is 1.01. The van der Waals surface area contributed by atoms with E-state index in [0.717, 1.165) is 11.3 Å². The second-order valence-electron chi connectivity index (χ2n) is 2.77. The van der Waals surface area contributed by atoms with Crippen LogP contribution in [0.3, 0.4) is 0 Å². The van der Waals surface area contributed by atoms with Crippen LogP contribution in [0.15, 0.2) is 23.2 Å². The van der Waals surface area contributed by atoms with Gasteiger partial charge >= 0.3 is 0 Å². The van der Waals surface area contributed by atoms with Crippen LogP contribution in [0.1, 0.15) is 5.56 Å². The van der Waals surface area contributed by atoms with Gasteiger partial charge in [0.1, 0.15) is 0 Å². The zero-order valence-corrected chi connectivity index (χ0v) is 8.89. The summed E-state index contributed by atoms with van der Waals surface area (Å²) < 4.78 is 0. The van der Waals surface area contributed by atoms with Gasteiger partial charge in [0.05, 0.1) is 10.7 Å². The van der Waals surface area contributed by atoms with Crippen molar-refractivity contribution in [3.8, 4) is 0 Å². The van der Waals surface area contributed by atoms with Gasteiger partial charge in [-0.05, 0) is 18.6 Å². The number of aliphatic imine (C=N–C) groups is 1. The van der Waals surface area contributed by atoms with Crippen LogP contribution in [-0.4, -0.2) is 13.0 Å². The second kappa shape index (κ2) is 4.83. The Morgan fingerprint density at radius 2 is 2.21 bits per heavy atom. The fourth-order valence-corrected chi connectivity index (χ4v) is 1.33. The third-order valence-electron chi connectivity index (χ3n) is 1.83. The molecule has 14 heavy (non-hydrogen) atoms. The van der Waals surface area contributed by atoms with E-state index in [1.165, 1.54) is 0 Å². The molecule has 76 valence electrons. The van der Waals surface area contributed by atoms with E-state index in [0.29, 0.717) is 11.0 Å². The molecule has 1 aromatic carbocycles. The molecule has 0 aliphatic carbocycles. The molecule has 5 heteroatoms. The highest BCUT2D eigenvalue weighted by molar-refractivity contribution is 6.33. The van der Waals surface area contributed by atoms with E-state index in [-0.39, 0.29) is 0 Å². The average Bonchev–Trinajstić information content (AvgIpc) is 2.18. The van der Waals surface area contributed by atoms with Crippen LogP contribution in [0.4, 0.5) is 5.69 Å². The Morgan fingerprint density at radius 3 is 2.71 bits per heavy atom. The highest BCUT2D eigenvalue weighted by Crippen LogP contribution is 2.24. The van der Waals surface area contributed by atoms with Crippen molar-refractivity contribution < 1.29 is 0 Å². The Kier molecular flexibility index (Phi) is 3.73. The van der Waals surface area contributed by atoms with E-state index in [4.69, 9.17) is 17.4 Å². The molecule has 0 amide bonds. The number of hydrogen-bond donors (Lipinski definition) is 3. The van der Waals surface area contributed by atoms with Crippen LogP contribution >= 0.6 is 11.6 Å². The number of nitrogens with two attached hydrogens (primary N) is 1. The van der Waals surface area contributed by atoms with Gasteiger partial charge in [0.25, 0.3) is 0 Å². The number of hydrogen-bond acceptors (Lipinski definition) is 2. The third kappa shape index (κ3) is 2.37. The summed E-state index contributed by atoms with van der Waals surface area (Å²) in [7, 11) is 1.63. The number of guanidine groups is 1. The number of nitrogens with zero attached hydrogens (tertiary/aromatic N) is 1. The summed E-state index contributed by atoms with van der Waals surface area (Å²) in [6.45, 7) is 1.96. The van der Waals surface area contributed by atoms with Crippen molar-refractivity contribution in [1.82, 2.24) is 5.43 Å². The summed E-state index contributed by atoms with van der Waals surface area (Å²) in [6.07, 6.45) is 0. The monoisotopic (exact) mass is 212 g/mol. The van der Waals surface area contributed by atoms with E-state index < -0.39 is 0 Å². The summed E-state index contributed by atoms with van der Waals surface area (Å²) in [5, 5.41) is 3.64. The first-order valence-corrected chi connectivity index (χ1v) is 4.52. The summed E-state index contributed by atoms with van der Waals surface area (Å²) in [5.41, 5.74) is 4.28. The molecule has 0 unspecified atom stereocenters. The molecule has 0 saturated carbocycles. The van der Waals surface area contributed by atoms with Gasteiger partial charge in [-0.15, -0.1) is 0 Å². The predicted octanol–water partition coefficient (Wildman–Crippen LogP) is 1.51. The van der Waals surface area contributed by atoms with Gasteiger partial charge in [-0.1, -0.05) is 23.7 Å². The number of rotatable bonds is 1. The summed E-state index contributed by atoms with van der Waals surface area (Å²) in [5.74, 6) is 5.72. The molecule has 0 heterocycles. The Morgan fingerprint density at radius 1 is 1.50 bits per heavy atom. The minimum absolute atomic E-state index is 0.473. The van der Waals surface area contributed by atoms with Gasteiger partial charge < -0.3 is 5.32 Å². The molecule has 4 N–H and O–H groups in total. The van der Waals surface area contributed by atoms with Crippen molar-refractivity contribution in [3.05, 3.63) is 28.8 Å². The minimum Gasteiger partial charge on any atom is -0.324 e. The number of hydrazine groups is 1. The van der Waals surface area contributed by atoms with Gasteiger partial charge in [-0.3, -0.25) is 10.4 Å². The van der Waals surface area contributed by atoms with E-state index in [9.17, 15) is 0 Å². The lowest BCUT2D eigenvalue weighted by atomic mass is 10.2. The van der Waals surface area contributed by atoms with Crippen LogP contribution < -0.4 is 16.6 Å². The average molecular weight is 213 g/mol. The molecule has 0 aliphatic rings. The maximum absolute atomic E-state index is 6.00. The lowest BCUT2D eigenvalue weighted by Gasteiger charge is -2.12. The molecule has 0 aromatic heterocycles. The fraction of sp³-hybridized carbons (Fsp3) is 0.222. The van der Waals surface area contributed by atoms with E-state index in [2.05, 4.69) is 15.7 Å². The first-order chi connectivity index (χ1) is 6.69. The van der Waals surface area contributed by atoms with Gasteiger partial charge in [-0.25, -0.2) is 5.84 Å². The number of benzene rings is 1. The maximum atomic E-state index is 6.00. The largest absolute Gasteiger partial charge is 0.324 e. The number of aryl methyl sites for hydroxylation is 1. The van der Waals surface area contributed by atoms with Crippen LogP contribution in [-0.2, 0) is 0 Å². The van der Waals surface area contributed by atoms with Gasteiger partial charge in [0.2, 0.25) is 5.96 Å². The van der Waals surface area contributed by atoms with E-state index in [1.54, 1.807) is 13.1 Å². The molecule has 1 aromatic rings. The molecule has 0 aliphatic heterocycles. The molecular weight excluding hydrogens is 200 g/mol. The Balaban J connectivity index is 2.96. The molecular formula is C9H13ClN4. The normalized spacial score (nSPS) is 11.3. The fourth-order valence-electron chi connectivity index (χ4n) is 1.07. The van der Waals surface area contributed by atoms with Crippen LogP contribution in [0, 0.1) is 6.92 Å². The Hall–Kier alpha value is -1.26. The van der Waals surface area contributed by atoms with Crippen molar-refractivity contribution in [2.24, 2.45) is 10.8 Å². The number of anilines is 1. The molecule has 0 saturated heterocycles. The highest BCUT2D eigenvalue weighted by Gasteiger charge is 2.04. The van der Waals surface area contributed by atoms with Crippen molar-refractivity contribution in [2.75, 3.05) is 12.4 Å². The van der Waals surface area contributed by atoms with Gasteiger partial charge in [-0.2, -0.15) is 0 Å². The molecule has 4 nitrogen and oxygen atoms in total. The van der Waals surface area contributed by atoms with Crippen molar-refractivity contribution >= 4 is 23.2 Å². The zero-order chi connectivity index (χ0) is 10.6. The molecule has 0 radical (unpaired) electrons. The lowest BCUT2D eigenvalue weighted by Crippen LogP contribution is -2.36. The van der Waals surface area contributed by atoms with Gasteiger partial charge in [0, 0.05) is 7.05 Å². The van der Waals surface area contributed by atoms with E-state index in [1.807, 2.05) is 19.1 Å². The Labute approximate surface area is 88.1 Å². The quantitative estimate of drug-likeness (QED) is 0.286. The van der Waals surface area contributed by atoms with Crippen LogP contribution in [0.25, 0.3) is 0 Å². The predicted molar refractivity (Wildman–Crippen MR) is 60.5 cm³/mol. The highest BCUT2D eigenvalue weighted by atomic mass is 35.5. The first-order valence-electron chi connectivity index (χ1n) is 4.14. The van der Waals surface area contributed by atoms with E-state index >= 15 is 0 Å². The molecule has 0 atom stereocenters.